The first-order valence-electron chi connectivity index (χ1n) is 6.73. The highest BCUT2D eigenvalue weighted by Crippen LogP contribution is 2.24. The van der Waals surface area contributed by atoms with Crippen LogP contribution in [0.15, 0.2) is 48.5 Å². The Morgan fingerprint density at radius 2 is 1.80 bits per heavy atom. The SMILES string of the molecule is CCOc1ccc(C(O)c2cccc(COC)c2)cc1. The standard InChI is InChI=1S/C17H20O3/c1-3-20-16-9-7-14(8-10-16)17(18)15-6-4-5-13(11-15)12-19-2/h4-11,17-18H,3,12H2,1-2H3. The minimum atomic E-state index is -0.637. The van der Waals surface area contributed by atoms with Crippen LogP contribution >= 0.6 is 0 Å². The van der Waals surface area contributed by atoms with Crippen molar-refractivity contribution in [3.05, 3.63) is 65.2 Å². The third-order valence-corrected chi connectivity index (χ3v) is 3.08. The van der Waals surface area contributed by atoms with Crippen LogP contribution in [0.5, 0.6) is 5.75 Å². The molecule has 0 aliphatic carbocycles. The van der Waals surface area contributed by atoms with Crippen molar-refractivity contribution >= 4 is 0 Å². The fraction of sp³-hybridized carbons (Fsp3) is 0.294. The van der Waals surface area contributed by atoms with Gasteiger partial charge in [0.25, 0.3) is 0 Å². The molecule has 0 bridgehead atoms. The molecule has 3 heteroatoms. The van der Waals surface area contributed by atoms with Crippen LogP contribution in [0.1, 0.15) is 29.7 Å². The molecule has 2 rings (SSSR count). The number of hydrogen-bond donors (Lipinski definition) is 1. The number of methoxy groups -OCH3 is 1. The molecule has 106 valence electrons. The summed E-state index contributed by atoms with van der Waals surface area (Å²) in [7, 11) is 1.66. The smallest absolute Gasteiger partial charge is 0.119 e. The topological polar surface area (TPSA) is 38.7 Å². The van der Waals surface area contributed by atoms with Gasteiger partial charge in [0, 0.05) is 7.11 Å². The van der Waals surface area contributed by atoms with Crippen LogP contribution in [0, 0.1) is 0 Å². The van der Waals surface area contributed by atoms with Crippen molar-refractivity contribution in [3.63, 3.8) is 0 Å². The Kier molecular flexibility index (Phi) is 5.16. The van der Waals surface area contributed by atoms with Crippen LogP contribution in [-0.4, -0.2) is 18.8 Å². The molecular weight excluding hydrogens is 252 g/mol. The highest BCUT2D eigenvalue weighted by molar-refractivity contribution is 5.35. The Morgan fingerprint density at radius 1 is 1.05 bits per heavy atom. The summed E-state index contributed by atoms with van der Waals surface area (Å²) in [5.74, 6) is 0.816. The van der Waals surface area contributed by atoms with Gasteiger partial charge in [-0.15, -0.1) is 0 Å². The molecule has 0 saturated carbocycles. The van der Waals surface area contributed by atoms with Gasteiger partial charge in [-0.1, -0.05) is 36.4 Å². The average Bonchev–Trinajstić information content (AvgIpc) is 2.48. The third kappa shape index (κ3) is 3.59. The normalized spacial score (nSPS) is 12.2. The van der Waals surface area contributed by atoms with Gasteiger partial charge < -0.3 is 14.6 Å². The van der Waals surface area contributed by atoms with Gasteiger partial charge in [0.15, 0.2) is 0 Å². The Morgan fingerprint density at radius 3 is 2.45 bits per heavy atom. The van der Waals surface area contributed by atoms with E-state index < -0.39 is 6.10 Å². The predicted molar refractivity (Wildman–Crippen MR) is 78.8 cm³/mol. The maximum atomic E-state index is 10.4. The van der Waals surface area contributed by atoms with Gasteiger partial charge in [-0.2, -0.15) is 0 Å². The molecule has 3 nitrogen and oxygen atoms in total. The summed E-state index contributed by atoms with van der Waals surface area (Å²) in [6.45, 7) is 3.13. The van der Waals surface area contributed by atoms with Crippen molar-refractivity contribution in [2.45, 2.75) is 19.6 Å². The van der Waals surface area contributed by atoms with Crippen LogP contribution in [0.2, 0.25) is 0 Å². The van der Waals surface area contributed by atoms with Crippen molar-refractivity contribution in [2.24, 2.45) is 0 Å². The number of ether oxygens (including phenoxy) is 2. The summed E-state index contributed by atoms with van der Waals surface area (Å²) in [4.78, 5) is 0. The van der Waals surface area contributed by atoms with E-state index in [9.17, 15) is 5.11 Å². The minimum Gasteiger partial charge on any atom is -0.494 e. The summed E-state index contributed by atoms with van der Waals surface area (Å²) in [6.07, 6.45) is -0.637. The van der Waals surface area contributed by atoms with E-state index in [0.29, 0.717) is 13.2 Å². The molecule has 1 atom stereocenters. The second-order valence-electron chi connectivity index (χ2n) is 4.58. The van der Waals surface area contributed by atoms with E-state index in [4.69, 9.17) is 9.47 Å². The van der Waals surface area contributed by atoms with Crippen LogP contribution < -0.4 is 4.74 Å². The fourth-order valence-electron chi connectivity index (χ4n) is 2.13. The molecule has 2 aromatic rings. The first-order chi connectivity index (χ1) is 9.74. The predicted octanol–water partition coefficient (Wildman–Crippen LogP) is 3.31. The molecule has 0 aliphatic rings. The van der Waals surface area contributed by atoms with Gasteiger partial charge in [0.2, 0.25) is 0 Å². The molecule has 0 heterocycles. The lowest BCUT2D eigenvalue weighted by atomic mass is 10.00. The van der Waals surface area contributed by atoms with E-state index in [1.54, 1.807) is 7.11 Å². The van der Waals surface area contributed by atoms with Gasteiger partial charge >= 0.3 is 0 Å². The lowest BCUT2D eigenvalue weighted by Gasteiger charge is -2.13. The molecule has 2 aromatic carbocycles. The van der Waals surface area contributed by atoms with Crippen molar-refractivity contribution in [1.82, 2.24) is 0 Å². The van der Waals surface area contributed by atoms with Crippen LogP contribution in [0.3, 0.4) is 0 Å². The van der Waals surface area contributed by atoms with Crippen molar-refractivity contribution in [1.29, 1.82) is 0 Å². The highest BCUT2D eigenvalue weighted by Gasteiger charge is 2.11. The molecule has 0 spiro atoms. The van der Waals surface area contributed by atoms with Crippen LogP contribution in [0.4, 0.5) is 0 Å². The number of aliphatic hydroxyl groups is 1. The zero-order valence-electron chi connectivity index (χ0n) is 11.9. The van der Waals surface area contributed by atoms with Crippen LogP contribution in [-0.2, 0) is 11.3 Å². The fourth-order valence-corrected chi connectivity index (χ4v) is 2.13. The van der Waals surface area contributed by atoms with Gasteiger partial charge in [-0.05, 0) is 35.7 Å². The van der Waals surface area contributed by atoms with E-state index in [0.717, 1.165) is 22.4 Å². The second kappa shape index (κ2) is 7.08. The molecule has 0 aliphatic heterocycles. The largest absolute Gasteiger partial charge is 0.494 e. The molecule has 0 amide bonds. The van der Waals surface area contributed by atoms with Gasteiger partial charge in [0.1, 0.15) is 11.9 Å². The summed E-state index contributed by atoms with van der Waals surface area (Å²) in [5, 5.41) is 10.4. The van der Waals surface area contributed by atoms with E-state index >= 15 is 0 Å². The van der Waals surface area contributed by atoms with E-state index in [1.165, 1.54) is 0 Å². The Hall–Kier alpha value is -1.84. The maximum absolute atomic E-state index is 10.4. The summed E-state index contributed by atoms with van der Waals surface area (Å²) < 4.78 is 10.5. The number of hydrogen-bond acceptors (Lipinski definition) is 3. The molecule has 0 aromatic heterocycles. The van der Waals surface area contributed by atoms with Crippen LogP contribution in [0.25, 0.3) is 0 Å². The molecule has 1 N–H and O–H groups in total. The minimum absolute atomic E-state index is 0.545. The quantitative estimate of drug-likeness (QED) is 0.876. The molecular formula is C17H20O3. The van der Waals surface area contributed by atoms with Crippen molar-refractivity contribution < 1.29 is 14.6 Å². The molecule has 20 heavy (non-hydrogen) atoms. The average molecular weight is 272 g/mol. The number of rotatable bonds is 6. The van der Waals surface area contributed by atoms with Gasteiger partial charge in [0.05, 0.1) is 13.2 Å². The van der Waals surface area contributed by atoms with E-state index in [1.807, 2.05) is 55.5 Å². The molecule has 0 radical (unpaired) electrons. The lowest BCUT2D eigenvalue weighted by molar-refractivity contribution is 0.184. The Bertz CT molecular complexity index is 534. The maximum Gasteiger partial charge on any atom is 0.119 e. The first-order valence-corrected chi connectivity index (χ1v) is 6.73. The summed E-state index contributed by atoms with van der Waals surface area (Å²) in [6, 6.07) is 15.3. The molecule has 0 fully saturated rings. The van der Waals surface area contributed by atoms with Crippen molar-refractivity contribution in [2.75, 3.05) is 13.7 Å². The van der Waals surface area contributed by atoms with E-state index in [-0.39, 0.29) is 0 Å². The monoisotopic (exact) mass is 272 g/mol. The zero-order chi connectivity index (χ0) is 14.4. The molecule has 0 saturated heterocycles. The second-order valence-corrected chi connectivity index (χ2v) is 4.58. The van der Waals surface area contributed by atoms with Crippen molar-refractivity contribution in [3.8, 4) is 5.75 Å². The first kappa shape index (κ1) is 14.6. The highest BCUT2D eigenvalue weighted by atomic mass is 16.5. The summed E-state index contributed by atoms with van der Waals surface area (Å²) >= 11 is 0. The summed E-state index contributed by atoms with van der Waals surface area (Å²) in [5.41, 5.74) is 2.77. The van der Waals surface area contributed by atoms with E-state index in [2.05, 4.69) is 0 Å². The zero-order valence-corrected chi connectivity index (χ0v) is 11.9. The van der Waals surface area contributed by atoms with Gasteiger partial charge in [-0.25, -0.2) is 0 Å². The lowest BCUT2D eigenvalue weighted by Crippen LogP contribution is -2.01. The Labute approximate surface area is 119 Å². The molecule has 1 unspecified atom stereocenters. The number of aliphatic hydroxyl groups excluding tert-OH is 1. The van der Waals surface area contributed by atoms with Gasteiger partial charge in [-0.3, -0.25) is 0 Å². The number of benzene rings is 2. The third-order valence-electron chi connectivity index (χ3n) is 3.08. The Balaban J connectivity index is 2.17.